The van der Waals surface area contributed by atoms with E-state index in [4.69, 9.17) is 19.2 Å². The number of aryl methyl sites for hydroxylation is 1. The zero-order chi connectivity index (χ0) is 31.5. The first-order chi connectivity index (χ1) is 20.3. The van der Waals surface area contributed by atoms with Gasteiger partial charge in [0.05, 0.1) is 17.0 Å². The Kier molecular flexibility index (Phi) is 10.6. The molecule has 236 valence electrons. The molecule has 0 N–H and O–H groups in total. The fourth-order valence-corrected chi connectivity index (χ4v) is 9.02. The summed E-state index contributed by atoms with van der Waals surface area (Å²) in [6.07, 6.45) is 2.44. The molecule has 8 heteroatoms. The first-order valence-electron chi connectivity index (χ1n) is 15.8. The number of carbonyl (C=O) groups excluding carboxylic acids is 3. The van der Waals surface area contributed by atoms with Crippen molar-refractivity contribution in [3.8, 4) is 0 Å². The summed E-state index contributed by atoms with van der Waals surface area (Å²) in [5.41, 5.74) is 0.248. The molecule has 2 aromatic rings. The number of rotatable bonds is 6. The highest BCUT2D eigenvalue weighted by Crippen LogP contribution is 2.48. The summed E-state index contributed by atoms with van der Waals surface area (Å²) in [4.78, 5) is 45.9. The van der Waals surface area contributed by atoms with Gasteiger partial charge in [0.1, 0.15) is 17.1 Å². The number of methoxy groups -OCH3 is 1. The maximum Gasteiger partial charge on any atom is 0.320 e. The van der Waals surface area contributed by atoms with Crippen LogP contribution in [0, 0.1) is 29.6 Å². The molecule has 2 saturated heterocycles. The van der Waals surface area contributed by atoms with Crippen molar-refractivity contribution in [3.05, 3.63) is 42.1 Å². The summed E-state index contributed by atoms with van der Waals surface area (Å²) in [5, 5.41) is 0.521. The topological polar surface area (TPSA) is 91.8 Å². The number of benzene rings is 1. The smallest absolute Gasteiger partial charge is 0.320 e. The predicted octanol–water partition coefficient (Wildman–Crippen LogP) is 6.84. The third kappa shape index (κ3) is 7.28. The monoisotopic (exact) mass is 611 g/mol. The molecular weight excluding hydrogens is 562 g/mol. The molecule has 0 radical (unpaired) electrons. The van der Waals surface area contributed by atoms with Crippen molar-refractivity contribution in [2.75, 3.05) is 12.9 Å². The van der Waals surface area contributed by atoms with Crippen molar-refractivity contribution >= 4 is 40.4 Å². The number of cyclic esters (lactones) is 1. The fourth-order valence-electron chi connectivity index (χ4n) is 7.54. The average molecular weight is 612 g/mol. The maximum absolute atomic E-state index is 14.1. The summed E-state index contributed by atoms with van der Waals surface area (Å²) in [5.74, 6) is -1.27. The van der Waals surface area contributed by atoms with Gasteiger partial charge >= 0.3 is 11.9 Å². The van der Waals surface area contributed by atoms with E-state index in [0.29, 0.717) is 31.4 Å². The number of para-hydroxylation sites is 1. The standard InChI is InChI=1S/C35H49NO6S/c1-9-28-35(7)29(31(33(39)42-35)43-17-16-26-15-14-25-12-10-11-13-27(25)36-26)24(5)30(37)23(4)20-34(6,40-8)19-21(2)18-22(3)32(38)41-28/h10-15,21-24,28-29,31H,9,16-20H2,1-8H3. The quantitative estimate of drug-likeness (QED) is 0.328. The lowest BCUT2D eigenvalue weighted by atomic mass is 9.70. The summed E-state index contributed by atoms with van der Waals surface area (Å²) < 4.78 is 18.3. The fraction of sp³-hybridized carbons (Fsp3) is 0.657. The molecule has 0 amide bonds. The molecule has 4 rings (SSSR count). The van der Waals surface area contributed by atoms with Crippen LogP contribution in [0.2, 0.25) is 0 Å². The SMILES string of the molecule is CCC1OC(=O)C(C)CC(C)CC(C)(OC)CC(C)C(=O)C(C)C2C(SCCc3ccc4ccccc4n3)C(=O)OC12C. The molecule has 1 aromatic carbocycles. The van der Waals surface area contributed by atoms with E-state index in [0.717, 1.165) is 23.0 Å². The van der Waals surface area contributed by atoms with Crippen molar-refractivity contribution in [1.29, 1.82) is 0 Å². The lowest BCUT2D eigenvalue weighted by molar-refractivity contribution is -0.183. The molecule has 0 spiro atoms. The van der Waals surface area contributed by atoms with Crippen molar-refractivity contribution in [3.63, 3.8) is 0 Å². The molecule has 9 unspecified atom stereocenters. The van der Waals surface area contributed by atoms with Gasteiger partial charge in [0.25, 0.3) is 0 Å². The normalized spacial score (nSPS) is 36.1. The third-order valence-electron chi connectivity index (χ3n) is 9.76. The Morgan fingerprint density at radius 2 is 1.70 bits per heavy atom. The number of pyridine rings is 1. The van der Waals surface area contributed by atoms with Gasteiger partial charge in [0.2, 0.25) is 0 Å². The van der Waals surface area contributed by atoms with Gasteiger partial charge in [-0.05, 0) is 69.8 Å². The molecule has 0 saturated carbocycles. The molecular formula is C35H49NO6S. The molecule has 43 heavy (non-hydrogen) atoms. The summed E-state index contributed by atoms with van der Waals surface area (Å²) >= 11 is 1.51. The van der Waals surface area contributed by atoms with Gasteiger partial charge in [-0.2, -0.15) is 0 Å². The van der Waals surface area contributed by atoms with E-state index in [1.54, 1.807) is 7.11 Å². The molecule has 2 fully saturated rings. The number of ether oxygens (including phenoxy) is 3. The third-order valence-corrected chi connectivity index (χ3v) is 11.0. The van der Waals surface area contributed by atoms with Gasteiger partial charge in [-0.15, -0.1) is 11.8 Å². The number of aromatic nitrogens is 1. The van der Waals surface area contributed by atoms with E-state index in [1.165, 1.54) is 11.8 Å². The van der Waals surface area contributed by atoms with E-state index in [1.807, 2.05) is 71.9 Å². The molecule has 2 aliphatic rings. The number of hydrogen-bond donors (Lipinski definition) is 0. The van der Waals surface area contributed by atoms with E-state index < -0.39 is 34.4 Å². The molecule has 9 atom stereocenters. The molecule has 0 aliphatic carbocycles. The zero-order valence-electron chi connectivity index (χ0n) is 27.1. The van der Waals surface area contributed by atoms with Crippen molar-refractivity contribution in [2.45, 2.75) is 103 Å². The number of thioether (sulfide) groups is 1. The van der Waals surface area contributed by atoms with Crippen LogP contribution in [-0.2, 0) is 35.0 Å². The van der Waals surface area contributed by atoms with Crippen LogP contribution < -0.4 is 0 Å². The van der Waals surface area contributed by atoms with Crippen LogP contribution in [0.1, 0.15) is 79.8 Å². The first kappa shape index (κ1) is 33.4. The Hall–Kier alpha value is -2.45. The van der Waals surface area contributed by atoms with Crippen LogP contribution >= 0.6 is 11.8 Å². The predicted molar refractivity (Wildman–Crippen MR) is 171 cm³/mol. The largest absolute Gasteiger partial charge is 0.458 e. The Morgan fingerprint density at radius 3 is 2.40 bits per heavy atom. The minimum Gasteiger partial charge on any atom is -0.458 e. The first-order valence-corrected chi connectivity index (χ1v) is 16.8. The van der Waals surface area contributed by atoms with E-state index in [-0.39, 0.29) is 35.5 Å². The summed E-state index contributed by atoms with van der Waals surface area (Å²) in [6.45, 7) is 13.7. The molecule has 2 aliphatic heterocycles. The maximum atomic E-state index is 14.1. The molecule has 1 aromatic heterocycles. The highest BCUT2D eigenvalue weighted by atomic mass is 32.2. The van der Waals surface area contributed by atoms with Crippen LogP contribution in [0.4, 0.5) is 0 Å². The lowest BCUT2D eigenvalue weighted by Crippen LogP contribution is -2.52. The molecule has 7 nitrogen and oxygen atoms in total. The molecule has 0 bridgehead atoms. The van der Waals surface area contributed by atoms with Crippen LogP contribution in [0.15, 0.2) is 36.4 Å². The van der Waals surface area contributed by atoms with E-state index in [9.17, 15) is 14.4 Å². The second-order valence-electron chi connectivity index (χ2n) is 13.4. The van der Waals surface area contributed by atoms with Gasteiger partial charge in [-0.1, -0.05) is 58.9 Å². The Balaban J connectivity index is 1.64. The number of fused-ring (bicyclic) bond motifs is 2. The number of ketones is 1. The number of carbonyl (C=O) groups is 3. The Bertz CT molecular complexity index is 1320. The highest BCUT2D eigenvalue weighted by Gasteiger charge is 2.61. The highest BCUT2D eigenvalue weighted by molar-refractivity contribution is 8.00. The summed E-state index contributed by atoms with van der Waals surface area (Å²) in [6, 6.07) is 12.1. The van der Waals surface area contributed by atoms with Crippen molar-refractivity contribution in [1.82, 2.24) is 4.98 Å². The Labute approximate surface area is 261 Å². The summed E-state index contributed by atoms with van der Waals surface area (Å²) in [7, 11) is 1.69. The van der Waals surface area contributed by atoms with Gasteiger partial charge in [0, 0.05) is 35.9 Å². The lowest BCUT2D eigenvalue weighted by Gasteiger charge is -2.41. The van der Waals surface area contributed by atoms with E-state index in [2.05, 4.69) is 13.0 Å². The van der Waals surface area contributed by atoms with Crippen LogP contribution in [0.3, 0.4) is 0 Å². The van der Waals surface area contributed by atoms with Crippen LogP contribution in [-0.4, -0.2) is 58.1 Å². The zero-order valence-corrected chi connectivity index (χ0v) is 27.9. The van der Waals surface area contributed by atoms with Crippen LogP contribution in [0.5, 0.6) is 0 Å². The second-order valence-corrected chi connectivity index (χ2v) is 14.6. The van der Waals surface area contributed by atoms with Gasteiger partial charge in [-0.3, -0.25) is 19.4 Å². The number of nitrogens with zero attached hydrogens (tertiary/aromatic N) is 1. The van der Waals surface area contributed by atoms with Crippen molar-refractivity contribution in [2.24, 2.45) is 29.6 Å². The number of Topliss-reactive ketones (excluding diaryl/α,β-unsaturated/α-hetero) is 1. The van der Waals surface area contributed by atoms with E-state index >= 15 is 0 Å². The van der Waals surface area contributed by atoms with Crippen LogP contribution in [0.25, 0.3) is 10.9 Å². The second kappa shape index (κ2) is 13.7. The van der Waals surface area contributed by atoms with Gasteiger partial charge in [-0.25, -0.2) is 0 Å². The minimum absolute atomic E-state index is 0.0823. The van der Waals surface area contributed by atoms with Gasteiger partial charge < -0.3 is 14.2 Å². The minimum atomic E-state index is -1.13. The average Bonchev–Trinajstić information content (AvgIpc) is 3.23. The number of esters is 2. The molecule has 3 heterocycles. The Morgan fingerprint density at radius 1 is 0.977 bits per heavy atom. The van der Waals surface area contributed by atoms with Gasteiger partial charge in [0.15, 0.2) is 5.60 Å². The van der Waals surface area contributed by atoms with Crippen molar-refractivity contribution < 1.29 is 28.6 Å². The number of hydrogen-bond acceptors (Lipinski definition) is 8.